The SMILES string of the molecule is C.C1CCOC1.Clc1ccc(CBr)c(CBr)c1.O=C1OC(=O)c2cc(Cl)ccc21.OCc1ccc(Cl)cc1CO. The van der Waals surface area contributed by atoms with E-state index in [0.29, 0.717) is 15.6 Å². The van der Waals surface area contributed by atoms with Gasteiger partial charge in [-0.3, -0.25) is 0 Å². The number of halogens is 5. The highest BCUT2D eigenvalue weighted by molar-refractivity contribution is 9.09. The minimum atomic E-state index is -0.627. The van der Waals surface area contributed by atoms with Crippen molar-refractivity contribution in [2.24, 2.45) is 0 Å². The van der Waals surface area contributed by atoms with E-state index in [4.69, 9.17) is 49.8 Å². The second kappa shape index (κ2) is 19.6. The number of rotatable bonds is 4. The van der Waals surface area contributed by atoms with Gasteiger partial charge in [0.25, 0.3) is 0 Å². The van der Waals surface area contributed by atoms with Crippen LogP contribution < -0.4 is 0 Å². The lowest BCUT2D eigenvalue weighted by molar-refractivity contribution is 0.0443. The van der Waals surface area contributed by atoms with Crippen LogP contribution in [0.1, 0.15) is 63.2 Å². The fourth-order valence-corrected chi connectivity index (χ4v) is 4.94. The zero-order valence-electron chi connectivity index (χ0n) is 20.8. The summed E-state index contributed by atoms with van der Waals surface area (Å²) in [4.78, 5) is 21.8. The first kappa shape index (κ1) is 36.5. The Morgan fingerprint density at radius 3 is 1.62 bits per heavy atom. The molecule has 1 fully saturated rings. The van der Waals surface area contributed by atoms with Crippen LogP contribution in [0.2, 0.25) is 15.1 Å². The molecule has 2 N–H and O–H groups in total. The minimum absolute atomic E-state index is 0. The average molecular weight is 742 g/mol. The van der Waals surface area contributed by atoms with Crippen LogP contribution in [0.3, 0.4) is 0 Å². The Labute approximate surface area is 266 Å². The summed E-state index contributed by atoms with van der Waals surface area (Å²) in [6.07, 6.45) is 2.56. The molecule has 5 rings (SSSR count). The monoisotopic (exact) mass is 738 g/mol. The third-order valence-corrected chi connectivity index (χ3v) is 7.31. The van der Waals surface area contributed by atoms with Gasteiger partial charge in [-0.05, 0) is 77.6 Å². The third kappa shape index (κ3) is 11.8. The highest BCUT2D eigenvalue weighted by Gasteiger charge is 2.29. The van der Waals surface area contributed by atoms with E-state index in [0.717, 1.165) is 34.5 Å². The van der Waals surface area contributed by atoms with Crippen molar-refractivity contribution in [1.29, 1.82) is 0 Å². The predicted octanol–water partition coefficient (Wildman–Crippen LogP) is 8.54. The molecule has 0 aliphatic carbocycles. The molecule has 3 aromatic rings. The molecule has 1 saturated heterocycles. The molecular formula is C29H31Br2Cl3O6. The van der Waals surface area contributed by atoms with E-state index in [1.54, 1.807) is 24.3 Å². The zero-order valence-corrected chi connectivity index (χ0v) is 26.2. The van der Waals surface area contributed by atoms with Crippen molar-refractivity contribution in [3.8, 4) is 0 Å². The average Bonchev–Trinajstić information content (AvgIpc) is 3.61. The molecule has 0 unspecified atom stereocenters. The molecule has 6 nitrogen and oxygen atoms in total. The van der Waals surface area contributed by atoms with Crippen molar-refractivity contribution >= 4 is 78.6 Å². The van der Waals surface area contributed by atoms with E-state index in [9.17, 15) is 9.59 Å². The van der Waals surface area contributed by atoms with E-state index in [-0.39, 0.29) is 31.8 Å². The molecule has 0 atom stereocenters. The Hall–Kier alpha value is -1.49. The van der Waals surface area contributed by atoms with E-state index < -0.39 is 11.9 Å². The molecule has 40 heavy (non-hydrogen) atoms. The number of fused-ring (bicyclic) bond motifs is 1. The number of hydrogen-bond donors (Lipinski definition) is 2. The Morgan fingerprint density at radius 1 is 0.650 bits per heavy atom. The number of cyclic esters (lactones) is 2. The van der Waals surface area contributed by atoms with Crippen molar-refractivity contribution in [1.82, 2.24) is 0 Å². The number of esters is 2. The molecule has 0 amide bonds. The topological polar surface area (TPSA) is 93.1 Å². The van der Waals surface area contributed by atoms with Crippen LogP contribution >= 0.6 is 66.7 Å². The Kier molecular flexibility index (Phi) is 17.9. The van der Waals surface area contributed by atoms with Gasteiger partial charge in [0.2, 0.25) is 0 Å². The molecule has 0 bridgehead atoms. The summed E-state index contributed by atoms with van der Waals surface area (Å²) in [7, 11) is 0. The second-order valence-electron chi connectivity index (χ2n) is 8.10. The van der Waals surface area contributed by atoms with Gasteiger partial charge in [-0.2, -0.15) is 0 Å². The van der Waals surface area contributed by atoms with Crippen LogP contribution in [0.25, 0.3) is 0 Å². The van der Waals surface area contributed by atoms with Gasteiger partial charge >= 0.3 is 11.9 Å². The van der Waals surface area contributed by atoms with Crippen molar-refractivity contribution < 1.29 is 29.3 Å². The quantitative estimate of drug-likeness (QED) is 0.158. The summed E-state index contributed by atoms with van der Waals surface area (Å²) in [5.41, 5.74) is 4.45. The van der Waals surface area contributed by atoms with Crippen molar-refractivity contribution in [2.45, 2.75) is 44.1 Å². The maximum absolute atomic E-state index is 10.9. The van der Waals surface area contributed by atoms with Gasteiger partial charge in [-0.15, -0.1) is 0 Å². The van der Waals surface area contributed by atoms with Crippen LogP contribution in [0, 0.1) is 0 Å². The van der Waals surface area contributed by atoms with Gasteiger partial charge < -0.3 is 19.7 Å². The lowest BCUT2D eigenvalue weighted by Gasteiger charge is -2.03. The molecular weight excluding hydrogens is 710 g/mol. The summed E-state index contributed by atoms with van der Waals surface area (Å²) < 4.78 is 9.29. The summed E-state index contributed by atoms with van der Waals surface area (Å²) in [6, 6.07) is 15.4. The van der Waals surface area contributed by atoms with Crippen LogP contribution in [0.4, 0.5) is 0 Å². The normalized spacial score (nSPS) is 12.9. The van der Waals surface area contributed by atoms with Crippen LogP contribution in [0.5, 0.6) is 0 Å². The van der Waals surface area contributed by atoms with Crippen molar-refractivity contribution in [3.63, 3.8) is 0 Å². The number of hydrogen-bond acceptors (Lipinski definition) is 6. The highest BCUT2D eigenvalue weighted by Crippen LogP contribution is 2.23. The van der Waals surface area contributed by atoms with E-state index in [1.165, 1.54) is 36.1 Å². The van der Waals surface area contributed by atoms with Crippen molar-refractivity contribution in [2.75, 3.05) is 13.2 Å². The lowest BCUT2D eigenvalue weighted by atomic mass is 10.1. The summed E-state index contributed by atoms with van der Waals surface area (Å²) >= 11 is 23.9. The molecule has 2 aliphatic heterocycles. The number of ether oxygens (including phenoxy) is 2. The molecule has 0 saturated carbocycles. The molecule has 2 heterocycles. The Bertz CT molecular complexity index is 1190. The predicted molar refractivity (Wildman–Crippen MR) is 168 cm³/mol. The Balaban J connectivity index is 0.000000273. The number of carbonyl (C=O) groups is 2. The van der Waals surface area contributed by atoms with Crippen LogP contribution in [-0.2, 0) is 33.3 Å². The fraction of sp³-hybridized carbons (Fsp3) is 0.310. The second-order valence-corrected chi connectivity index (χ2v) is 10.5. The molecule has 0 aromatic heterocycles. The number of aliphatic hydroxyl groups excluding tert-OH is 2. The molecule has 0 spiro atoms. The largest absolute Gasteiger partial charge is 0.392 e. The lowest BCUT2D eigenvalue weighted by Crippen LogP contribution is -1.96. The summed E-state index contributed by atoms with van der Waals surface area (Å²) in [6.45, 7) is 1.85. The highest BCUT2D eigenvalue weighted by atomic mass is 79.9. The van der Waals surface area contributed by atoms with Gasteiger partial charge in [0, 0.05) is 38.9 Å². The summed E-state index contributed by atoms with van der Waals surface area (Å²) in [5.74, 6) is -1.23. The van der Waals surface area contributed by atoms with E-state index in [2.05, 4.69) is 36.6 Å². The van der Waals surface area contributed by atoms with E-state index in [1.807, 2.05) is 18.2 Å². The van der Waals surface area contributed by atoms with Gasteiger partial charge in [-0.1, -0.05) is 86.2 Å². The first-order valence-corrected chi connectivity index (χ1v) is 15.1. The van der Waals surface area contributed by atoms with Gasteiger partial charge in [0.1, 0.15) is 0 Å². The molecule has 2 aliphatic rings. The molecule has 218 valence electrons. The van der Waals surface area contributed by atoms with Gasteiger partial charge in [0.15, 0.2) is 0 Å². The van der Waals surface area contributed by atoms with Crippen LogP contribution in [-0.4, -0.2) is 35.4 Å². The number of carbonyl (C=O) groups excluding carboxylic acids is 2. The first-order valence-electron chi connectivity index (χ1n) is 11.8. The van der Waals surface area contributed by atoms with Crippen LogP contribution in [0.15, 0.2) is 54.6 Å². The van der Waals surface area contributed by atoms with Gasteiger partial charge in [0.05, 0.1) is 24.3 Å². The van der Waals surface area contributed by atoms with Crippen molar-refractivity contribution in [3.05, 3.63) is 103 Å². The number of benzene rings is 3. The van der Waals surface area contributed by atoms with E-state index >= 15 is 0 Å². The zero-order chi connectivity index (χ0) is 28.8. The minimum Gasteiger partial charge on any atom is -0.392 e. The summed E-state index contributed by atoms with van der Waals surface area (Å²) in [5, 5.41) is 21.1. The third-order valence-electron chi connectivity index (χ3n) is 5.40. The molecule has 0 radical (unpaired) electrons. The Morgan fingerprint density at radius 2 is 1.12 bits per heavy atom. The maximum atomic E-state index is 10.9. The molecule has 3 aromatic carbocycles. The number of aliphatic hydroxyl groups is 2. The number of alkyl halides is 2. The first-order chi connectivity index (χ1) is 18.7. The molecule has 11 heteroatoms. The standard InChI is InChI=1S/C8H7Br2Cl.C8H3ClO3.C8H9ClO2.C4H8O.CH4/c9-4-6-1-2-8(11)3-7(6)5-10;9-4-1-2-5-6(3-4)8(11)12-7(5)10;9-8-2-1-6(4-10)7(3-8)5-11;1-2-4-5-3-1;/h1-3H,4-5H2;1-3H;1-3,10-11H,4-5H2;1-4H2;1H4. The fourth-order valence-electron chi connectivity index (χ4n) is 3.31. The smallest absolute Gasteiger partial charge is 0.346 e. The maximum Gasteiger partial charge on any atom is 0.346 e. The van der Waals surface area contributed by atoms with Gasteiger partial charge in [-0.25, -0.2) is 9.59 Å².